The molecule has 1 aliphatic carbocycles. The van der Waals surface area contributed by atoms with Crippen molar-refractivity contribution in [2.75, 3.05) is 6.54 Å². The number of carbonyl (C=O) groups is 2. The molecule has 0 aliphatic heterocycles. The van der Waals surface area contributed by atoms with Gasteiger partial charge in [0.05, 0.1) is 6.42 Å². The average Bonchev–Trinajstić information content (AvgIpc) is 3.08. The summed E-state index contributed by atoms with van der Waals surface area (Å²) in [6.07, 6.45) is 3.33. The van der Waals surface area contributed by atoms with Gasteiger partial charge in [-0.15, -0.1) is 0 Å². The molecule has 0 bridgehead atoms. The molecule has 0 heterocycles. The van der Waals surface area contributed by atoms with Crippen molar-refractivity contribution < 1.29 is 14.7 Å². The topological polar surface area (TPSA) is 92.4 Å². The normalized spacial score (nSPS) is 18.5. The Morgan fingerprint density at radius 3 is 2.47 bits per heavy atom. The molecular formula is C12H22N2O3. The Morgan fingerprint density at radius 2 is 2.06 bits per heavy atom. The maximum absolute atomic E-state index is 11.7. The molecular weight excluding hydrogens is 220 g/mol. The second-order valence-electron chi connectivity index (χ2n) is 4.82. The first kappa shape index (κ1) is 14.0. The van der Waals surface area contributed by atoms with Crippen LogP contribution in [0.25, 0.3) is 0 Å². The van der Waals surface area contributed by atoms with Gasteiger partial charge in [-0.1, -0.05) is 13.3 Å². The van der Waals surface area contributed by atoms with Crippen LogP contribution in [0.5, 0.6) is 0 Å². The zero-order valence-electron chi connectivity index (χ0n) is 10.3. The highest BCUT2D eigenvalue weighted by Crippen LogP contribution is 2.34. The van der Waals surface area contributed by atoms with Crippen LogP contribution in [0, 0.1) is 11.8 Å². The van der Waals surface area contributed by atoms with Gasteiger partial charge in [0.1, 0.15) is 0 Å². The van der Waals surface area contributed by atoms with Crippen LogP contribution in [0.15, 0.2) is 0 Å². The highest BCUT2D eigenvalue weighted by atomic mass is 16.4. The predicted octanol–water partition coefficient (Wildman–Crippen LogP) is 0.731. The Kier molecular flexibility index (Phi) is 5.41. The fraction of sp³-hybridized carbons (Fsp3) is 0.833. The van der Waals surface area contributed by atoms with E-state index in [-0.39, 0.29) is 24.3 Å². The van der Waals surface area contributed by atoms with Crippen molar-refractivity contribution in [3.63, 3.8) is 0 Å². The van der Waals surface area contributed by atoms with E-state index in [0.717, 1.165) is 19.3 Å². The second-order valence-corrected chi connectivity index (χ2v) is 4.82. The third-order valence-corrected chi connectivity index (χ3v) is 3.32. The van der Waals surface area contributed by atoms with E-state index < -0.39 is 5.97 Å². The number of hydrogen-bond donors (Lipinski definition) is 3. The number of nitrogens with one attached hydrogen (secondary N) is 1. The van der Waals surface area contributed by atoms with Crippen LogP contribution in [0.3, 0.4) is 0 Å². The van der Waals surface area contributed by atoms with Crippen molar-refractivity contribution in [1.82, 2.24) is 5.32 Å². The van der Waals surface area contributed by atoms with E-state index in [0.29, 0.717) is 18.9 Å². The number of nitrogens with two attached hydrogens (primary N) is 1. The highest BCUT2D eigenvalue weighted by molar-refractivity contribution is 5.77. The fourth-order valence-corrected chi connectivity index (χ4v) is 1.94. The van der Waals surface area contributed by atoms with Crippen molar-refractivity contribution in [2.45, 2.75) is 45.1 Å². The molecule has 1 saturated carbocycles. The van der Waals surface area contributed by atoms with Crippen molar-refractivity contribution in [1.29, 1.82) is 0 Å². The molecule has 5 heteroatoms. The Hall–Kier alpha value is -1.10. The smallest absolute Gasteiger partial charge is 0.305 e. The van der Waals surface area contributed by atoms with Gasteiger partial charge in [0.2, 0.25) is 5.91 Å². The van der Waals surface area contributed by atoms with Gasteiger partial charge >= 0.3 is 5.97 Å². The van der Waals surface area contributed by atoms with Crippen molar-refractivity contribution in [3.05, 3.63) is 0 Å². The van der Waals surface area contributed by atoms with Gasteiger partial charge in [0, 0.05) is 12.5 Å². The Morgan fingerprint density at radius 1 is 1.41 bits per heavy atom. The molecule has 1 rings (SSSR count). The zero-order valence-corrected chi connectivity index (χ0v) is 10.3. The van der Waals surface area contributed by atoms with Gasteiger partial charge in [-0.25, -0.2) is 0 Å². The molecule has 0 aromatic heterocycles. The minimum atomic E-state index is -0.854. The van der Waals surface area contributed by atoms with E-state index in [1.54, 1.807) is 0 Å². The fourth-order valence-electron chi connectivity index (χ4n) is 1.94. The van der Waals surface area contributed by atoms with Crippen LogP contribution in [0.1, 0.15) is 39.0 Å². The minimum Gasteiger partial charge on any atom is -0.481 e. The van der Waals surface area contributed by atoms with E-state index in [9.17, 15) is 9.59 Å². The van der Waals surface area contributed by atoms with E-state index in [1.807, 2.05) is 6.92 Å². The van der Waals surface area contributed by atoms with E-state index in [4.69, 9.17) is 10.8 Å². The van der Waals surface area contributed by atoms with E-state index >= 15 is 0 Å². The summed E-state index contributed by atoms with van der Waals surface area (Å²) in [5, 5.41) is 11.6. The van der Waals surface area contributed by atoms with Crippen LogP contribution in [-0.2, 0) is 9.59 Å². The molecule has 0 radical (unpaired) electrons. The Labute approximate surface area is 102 Å². The molecule has 2 atom stereocenters. The number of carbonyl (C=O) groups excluding carboxylic acids is 1. The monoisotopic (exact) mass is 242 g/mol. The van der Waals surface area contributed by atoms with Gasteiger partial charge in [-0.2, -0.15) is 0 Å². The van der Waals surface area contributed by atoms with Crippen LogP contribution in [0.2, 0.25) is 0 Å². The summed E-state index contributed by atoms with van der Waals surface area (Å²) < 4.78 is 0. The number of carboxylic acids is 1. The molecule has 0 saturated heterocycles. The third kappa shape index (κ3) is 5.17. The highest BCUT2D eigenvalue weighted by Gasteiger charge is 2.33. The summed E-state index contributed by atoms with van der Waals surface area (Å²) in [5.74, 6) is -0.374. The van der Waals surface area contributed by atoms with Gasteiger partial charge in [0.25, 0.3) is 0 Å². The molecule has 0 aromatic rings. The SMILES string of the molecule is CCC(CN)CC(=O)NC(CC(=O)O)C1CC1. The number of rotatable bonds is 8. The standard InChI is InChI=1S/C12H22N2O3/c1-2-8(7-13)5-11(15)14-10(6-12(16)17)9-3-4-9/h8-10H,2-7,13H2,1H3,(H,14,15)(H,16,17). The van der Waals surface area contributed by atoms with Crippen LogP contribution >= 0.6 is 0 Å². The summed E-state index contributed by atoms with van der Waals surface area (Å²) in [6.45, 7) is 2.50. The molecule has 2 unspecified atom stereocenters. The first-order valence-electron chi connectivity index (χ1n) is 6.28. The summed E-state index contributed by atoms with van der Waals surface area (Å²) >= 11 is 0. The van der Waals surface area contributed by atoms with Crippen LogP contribution in [0.4, 0.5) is 0 Å². The number of carboxylic acid groups (broad SMARTS) is 1. The molecule has 0 aromatic carbocycles. The first-order valence-corrected chi connectivity index (χ1v) is 6.28. The van der Waals surface area contributed by atoms with Gasteiger partial charge in [-0.05, 0) is 31.2 Å². The quantitative estimate of drug-likeness (QED) is 0.585. The number of amides is 1. The maximum Gasteiger partial charge on any atom is 0.305 e. The molecule has 98 valence electrons. The lowest BCUT2D eigenvalue weighted by atomic mass is 10.0. The third-order valence-electron chi connectivity index (χ3n) is 3.32. The average molecular weight is 242 g/mol. The molecule has 5 nitrogen and oxygen atoms in total. The first-order chi connectivity index (χ1) is 8.06. The molecule has 17 heavy (non-hydrogen) atoms. The van der Waals surface area contributed by atoms with E-state index in [1.165, 1.54) is 0 Å². The Bertz CT molecular complexity index is 273. The zero-order chi connectivity index (χ0) is 12.8. The lowest BCUT2D eigenvalue weighted by Crippen LogP contribution is -2.39. The van der Waals surface area contributed by atoms with Crippen LogP contribution < -0.4 is 11.1 Å². The van der Waals surface area contributed by atoms with Crippen LogP contribution in [-0.4, -0.2) is 29.6 Å². The molecule has 1 fully saturated rings. The molecule has 0 spiro atoms. The summed E-state index contributed by atoms with van der Waals surface area (Å²) in [5.41, 5.74) is 5.54. The van der Waals surface area contributed by atoms with Gasteiger partial charge < -0.3 is 16.2 Å². The van der Waals surface area contributed by atoms with Gasteiger partial charge in [0.15, 0.2) is 0 Å². The summed E-state index contributed by atoms with van der Waals surface area (Å²) in [6, 6.07) is -0.199. The molecule has 1 aliphatic rings. The van der Waals surface area contributed by atoms with Crippen molar-refractivity contribution in [2.24, 2.45) is 17.6 Å². The maximum atomic E-state index is 11.7. The largest absolute Gasteiger partial charge is 0.481 e. The van der Waals surface area contributed by atoms with Crippen molar-refractivity contribution >= 4 is 11.9 Å². The number of hydrogen-bond acceptors (Lipinski definition) is 3. The minimum absolute atomic E-state index is 0.0236. The lowest BCUT2D eigenvalue weighted by molar-refractivity contribution is -0.137. The van der Waals surface area contributed by atoms with Gasteiger partial charge in [-0.3, -0.25) is 9.59 Å². The second kappa shape index (κ2) is 6.59. The van der Waals surface area contributed by atoms with Crippen molar-refractivity contribution in [3.8, 4) is 0 Å². The Balaban J connectivity index is 2.38. The lowest BCUT2D eigenvalue weighted by Gasteiger charge is -2.18. The summed E-state index contributed by atoms with van der Waals surface area (Å²) in [4.78, 5) is 22.4. The summed E-state index contributed by atoms with van der Waals surface area (Å²) in [7, 11) is 0. The molecule has 1 amide bonds. The van der Waals surface area contributed by atoms with E-state index in [2.05, 4.69) is 5.32 Å². The molecule has 4 N–H and O–H groups in total. The number of aliphatic carboxylic acids is 1. The predicted molar refractivity (Wildman–Crippen MR) is 64.4 cm³/mol.